The Hall–Kier alpha value is -3.42. The zero-order valence-electron chi connectivity index (χ0n) is 21.8. The maximum atomic E-state index is 13.2. The van der Waals surface area contributed by atoms with Crippen LogP contribution in [0.1, 0.15) is 34.3 Å². The largest absolute Gasteiger partial charge is 0.497 e. The standard InChI is InChI=1S/C30H33ClN2O5/c1-35-24-7-3-21(4-8-24)17-37-27-16-23(29(34)32-19-30-11-13-33(20-30)14-12-30)15-26(31)28(27)38-18-22-5-9-25(36-2)10-6-22/h3-10,15-16H,11-14,17-20H2,1-2H3,(H,32,34). The van der Waals surface area contributed by atoms with E-state index in [-0.39, 0.29) is 24.5 Å². The first-order valence-corrected chi connectivity index (χ1v) is 13.2. The minimum Gasteiger partial charge on any atom is -0.497 e. The summed E-state index contributed by atoms with van der Waals surface area (Å²) < 4.78 is 22.7. The Kier molecular flexibility index (Phi) is 7.95. The van der Waals surface area contributed by atoms with Crippen molar-refractivity contribution in [3.8, 4) is 23.0 Å². The molecule has 38 heavy (non-hydrogen) atoms. The van der Waals surface area contributed by atoms with Gasteiger partial charge in [0.2, 0.25) is 0 Å². The van der Waals surface area contributed by atoms with Crippen LogP contribution in [0.25, 0.3) is 0 Å². The summed E-state index contributed by atoms with van der Waals surface area (Å²) in [6, 6.07) is 18.6. The van der Waals surface area contributed by atoms with E-state index in [0.717, 1.165) is 55.1 Å². The third-order valence-corrected chi connectivity index (χ3v) is 7.75. The molecule has 0 saturated carbocycles. The third-order valence-electron chi connectivity index (χ3n) is 7.47. The average molecular weight is 537 g/mol. The van der Waals surface area contributed by atoms with Gasteiger partial charge in [0.1, 0.15) is 24.7 Å². The fourth-order valence-corrected chi connectivity index (χ4v) is 5.39. The molecule has 2 heterocycles. The maximum Gasteiger partial charge on any atom is 0.251 e. The van der Waals surface area contributed by atoms with E-state index in [4.69, 9.17) is 30.5 Å². The highest BCUT2D eigenvalue weighted by molar-refractivity contribution is 6.32. The Morgan fingerprint density at radius 3 is 2.00 bits per heavy atom. The van der Waals surface area contributed by atoms with Crippen molar-refractivity contribution in [2.75, 3.05) is 40.4 Å². The number of piperidine rings is 1. The number of carbonyl (C=O) groups excluding carboxylic acids is 1. The van der Waals surface area contributed by atoms with Crippen molar-refractivity contribution in [1.82, 2.24) is 10.2 Å². The molecule has 0 radical (unpaired) electrons. The summed E-state index contributed by atoms with van der Waals surface area (Å²) >= 11 is 6.67. The minimum absolute atomic E-state index is 0.164. The Morgan fingerprint density at radius 1 is 0.895 bits per heavy atom. The lowest BCUT2D eigenvalue weighted by Gasteiger charge is -2.25. The van der Waals surface area contributed by atoms with Gasteiger partial charge in [0.05, 0.1) is 19.2 Å². The van der Waals surface area contributed by atoms with Crippen LogP contribution in [0.2, 0.25) is 5.02 Å². The molecule has 0 aromatic heterocycles. The van der Waals surface area contributed by atoms with Crippen LogP contribution in [0.4, 0.5) is 0 Å². The van der Waals surface area contributed by atoms with E-state index in [0.29, 0.717) is 28.6 Å². The first-order chi connectivity index (χ1) is 18.5. The molecule has 3 aromatic rings. The van der Waals surface area contributed by atoms with E-state index in [1.165, 1.54) is 0 Å². The van der Waals surface area contributed by atoms with Crippen LogP contribution < -0.4 is 24.3 Å². The van der Waals surface area contributed by atoms with Gasteiger partial charge in [-0.05, 0) is 73.5 Å². The number of carbonyl (C=O) groups is 1. The molecule has 5 rings (SSSR count). The predicted molar refractivity (Wildman–Crippen MR) is 147 cm³/mol. The molecule has 0 aliphatic carbocycles. The second kappa shape index (κ2) is 11.5. The van der Waals surface area contributed by atoms with Crippen LogP contribution in [-0.4, -0.2) is 51.2 Å². The van der Waals surface area contributed by atoms with E-state index in [9.17, 15) is 4.79 Å². The zero-order chi connectivity index (χ0) is 26.5. The quantitative estimate of drug-likeness (QED) is 0.357. The molecule has 0 atom stereocenters. The number of benzene rings is 3. The topological polar surface area (TPSA) is 69.3 Å². The molecule has 0 spiro atoms. The minimum atomic E-state index is -0.164. The molecule has 8 heteroatoms. The van der Waals surface area contributed by atoms with Crippen molar-refractivity contribution in [3.63, 3.8) is 0 Å². The number of fused-ring (bicyclic) bond motifs is 2. The van der Waals surface area contributed by atoms with Gasteiger partial charge >= 0.3 is 0 Å². The molecule has 2 fully saturated rings. The summed E-state index contributed by atoms with van der Waals surface area (Å²) in [6.07, 6.45) is 2.25. The van der Waals surface area contributed by atoms with Crippen molar-refractivity contribution < 1.29 is 23.7 Å². The third kappa shape index (κ3) is 6.00. The lowest BCUT2D eigenvalue weighted by Crippen LogP contribution is -2.37. The SMILES string of the molecule is COc1ccc(COc2cc(C(=O)NCC34CCN(CC3)C4)cc(Cl)c2OCc2ccc(OC)cc2)cc1. The highest BCUT2D eigenvalue weighted by atomic mass is 35.5. The van der Waals surface area contributed by atoms with Crippen LogP contribution in [-0.2, 0) is 13.2 Å². The van der Waals surface area contributed by atoms with E-state index < -0.39 is 0 Å². The summed E-state index contributed by atoms with van der Waals surface area (Å²) in [6.45, 7) is 4.52. The van der Waals surface area contributed by atoms with Gasteiger partial charge in [0, 0.05) is 24.1 Å². The molecule has 1 N–H and O–H groups in total. The summed E-state index contributed by atoms with van der Waals surface area (Å²) in [4.78, 5) is 15.6. The fourth-order valence-electron chi connectivity index (χ4n) is 5.13. The number of halogens is 1. The Labute approximate surface area is 228 Å². The zero-order valence-corrected chi connectivity index (χ0v) is 22.6. The van der Waals surface area contributed by atoms with Gasteiger partial charge in [-0.2, -0.15) is 0 Å². The molecule has 1 amide bonds. The van der Waals surface area contributed by atoms with Gasteiger partial charge in [-0.1, -0.05) is 35.9 Å². The number of amides is 1. The molecular weight excluding hydrogens is 504 g/mol. The number of nitrogens with zero attached hydrogens (tertiary/aromatic N) is 1. The summed E-state index contributed by atoms with van der Waals surface area (Å²) in [5, 5.41) is 3.46. The van der Waals surface area contributed by atoms with Gasteiger partial charge in [-0.3, -0.25) is 4.79 Å². The van der Waals surface area contributed by atoms with E-state index in [2.05, 4.69) is 10.2 Å². The van der Waals surface area contributed by atoms with Crippen LogP contribution in [0.5, 0.6) is 23.0 Å². The van der Waals surface area contributed by atoms with Crippen LogP contribution in [0.3, 0.4) is 0 Å². The molecule has 3 aromatic carbocycles. The molecule has 7 nitrogen and oxygen atoms in total. The molecule has 200 valence electrons. The molecule has 2 aliphatic rings. The van der Waals surface area contributed by atoms with Gasteiger partial charge in [-0.25, -0.2) is 0 Å². The Balaban J connectivity index is 1.33. The second-order valence-corrected chi connectivity index (χ2v) is 10.4. The second-order valence-electron chi connectivity index (χ2n) is 10.0. The van der Waals surface area contributed by atoms with Crippen molar-refractivity contribution >= 4 is 17.5 Å². The maximum absolute atomic E-state index is 13.2. The van der Waals surface area contributed by atoms with Crippen molar-refractivity contribution in [2.24, 2.45) is 5.41 Å². The van der Waals surface area contributed by atoms with Crippen molar-refractivity contribution in [2.45, 2.75) is 26.1 Å². The van der Waals surface area contributed by atoms with Crippen LogP contribution in [0.15, 0.2) is 60.7 Å². The predicted octanol–water partition coefficient (Wildman–Crippen LogP) is 5.34. The van der Waals surface area contributed by atoms with E-state index in [1.807, 2.05) is 48.5 Å². The lowest BCUT2D eigenvalue weighted by atomic mass is 9.84. The number of hydrogen-bond donors (Lipinski definition) is 1. The molecule has 2 bridgehead atoms. The van der Waals surface area contributed by atoms with Gasteiger partial charge in [-0.15, -0.1) is 0 Å². The first-order valence-electron chi connectivity index (χ1n) is 12.8. The van der Waals surface area contributed by atoms with E-state index in [1.54, 1.807) is 26.4 Å². The highest BCUT2D eigenvalue weighted by Crippen LogP contribution is 2.40. The first kappa shape index (κ1) is 26.2. The Morgan fingerprint density at radius 2 is 1.47 bits per heavy atom. The number of hydrogen-bond acceptors (Lipinski definition) is 6. The smallest absolute Gasteiger partial charge is 0.251 e. The monoisotopic (exact) mass is 536 g/mol. The molecular formula is C30H33ClN2O5. The summed E-state index contributed by atoms with van der Waals surface area (Å²) in [5.41, 5.74) is 2.53. The summed E-state index contributed by atoms with van der Waals surface area (Å²) in [7, 11) is 3.26. The summed E-state index contributed by atoms with van der Waals surface area (Å²) in [5.74, 6) is 2.19. The molecule has 0 unspecified atom stereocenters. The van der Waals surface area contributed by atoms with Gasteiger partial charge in [0.25, 0.3) is 5.91 Å². The lowest BCUT2D eigenvalue weighted by molar-refractivity contribution is 0.0933. The highest BCUT2D eigenvalue weighted by Gasteiger charge is 2.43. The van der Waals surface area contributed by atoms with Gasteiger partial charge in [0.15, 0.2) is 11.5 Å². The van der Waals surface area contributed by atoms with Crippen LogP contribution >= 0.6 is 11.6 Å². The van der Waals surface area contributed by atoms with Crippen LogP contribution in [0, 0.1) is 5.41 Å². The van der Waals surface area contributed by atoms with Gasteiger partial charge < -0.3 is 29.2 Å². The van der Waals surface area contributed by atoms with Crippen molar-refractivity contribution in [1.29, 1.82) is 0 Å². The van der Waals surface area contributed by atoms with Crippen molar-refractivity contribution in [3.05, 3.63) is 82.4 Å². The number of ether oxygens (including phenoxy) is 4. The molecule has 2 aliphatic heterocycles. The number of methoxy groups -OCH3 is 2. The number of nitrogens with one attached hydrogen (secondary N) is 1. The Bertz CT molecular complexity index is 1250. The number of rotatable bonds is 11. The average Bonchev–Trinajstić information content (AvgIpc) is 3.56. The molecule has 2 saturated heterocycles. The normalized spacial score (nSPS) is 19.7. The van der Waals surface area contributed by atoms with E-state index >= 15 is 0 Å². The fraction of sp³-hybridized carbons (Fsp3) is 0.367.